The molecule has 0 radical (unpaired) electrons. The second kappa shape index (κ2) is 4.56. The average Bonchev–Trinajstić information content (AvgIpc) is 2.63. The molecular weight excluding hydrogens is 269 g/mol. The molecule has 0 aliphatic heterocycles. The maximum Gasteiger partial charge on any atom is 0.434 e. The van der Waals surface area contributed by atoms with E-state index >= 15 is 0 Å². The number of hydrogen-bond acceptors (Lipinski definition) is 3. The van der Waals surface area contributed by atoms with Crippen molar-refractivity contribution >= 4 is 11.6 Å². The Bertz CT molecular complexity index is 547. The molecule has 0 bridgehead atoms. The minimum absolute atomic E-state index is 0.117. The van der Waals surface area contributed by atoms with Gasteiger partial charge in [0, 0.05) is 18.6 Å². The van der Waals surface area contributed by atoms with Gasteiger partial charge in [-0.05, 0) is 6.92 Å². The van der Waals surface area contributed by atoms with Gasteiger partial charge in [0.15, 0.2) is 5.69 Å². The molecule has 0 fully saturated rings. The molecule has 0 N–H and O–H groups in total. The molecule has 0 saturated heterocycles. The summed E-state index contributed by atoms with van der Waals surface area (Å²) in [4.78, 5) is 11.3. The Morgan fingerprint density at radius 3 is 2.39 bits per heavy atom. The fraction of sp³-hybridized carbons (Fsp3) is 0.300. The van der Waals surface area contributed by atoms with Gasteiger partial charge in [-0.15, -0.1) is 0 Å². The number of rotatable bonds is 2. The summed E-state index contributed by atoms with van der Waals surface area (Å²) in [5.41, 5.74) is -0.922. The van der Waals surface area contributed by atoms with Crippen molar-refractivity contribution in [3.05, 3.63) is 41.0 Å². The van der Waals surface area contributed by atoms with Gasteiger partial charge >= 0.3 is 6.18 Å². The highest BCUT2D eigenvalue weighted by Gasteiger charge is 2.34. The Morgan fingerprint density at radius 1 is 1.28 bits per heavy atom. The Morgan fingerprint density at radius 2 is 1.89 bits per heavy atom. The van der Waals surface area contributed by atoms with E-state index in [4.69, 9.17) is 11.6 Å². The van der Waals surface area contributed by atoms with Crippen molar-refractivity contribution in [2.45, 2.75) is 19.6 Å². The zero-order valence-corrected chi connectivity index (χ0v) is 10.00. The van der Waals surface area contributed by atoms with Gasteiger partial charge in [0.05, 0.1) is 11.6 Å². The Kier molecular flexibility index (Phi) is 3.25. The molecule has 96 valence electrons. The predicted molar refractivity (Wildman–Crippen MR) is 58.1 cm³/mol. The van der Waals surface area contributed by atoms with Crippen LogP contribution in [0, 0.1) is 6.92 Å². The second-order valence-corrected chi connectivity index (χ2v) is 4.05. The fourth-order valence-electron chi connectivity index (χ4n) is 1.38. The number of hydrogen-bond donors (Lipinski definition) is 0. The van der Waals surface area contributed by atoms with E-state index in [2.05, 4.69) is 15.0 Å². The number of halogens is 4. The lowest BCUT2D eigenvalue weighted by Gasteiger charge is -2.03. The van der Waals surface area contributed by atoms with Crippen LogP contribution in [0.1, 0.15) is 17.3 Å². The third kappa shape index (κ3) is 2.79. The summed E-state index contributed by atoms with van der Waals surface area (Å²) in [7, 11) is 0. The van der Waals surface area contributed by atoms with Crippen LogP contribution in [-0.2, 0) is 12.7 Å². The van der Waals surface area contributed by atoms with E-state index in [1.807, 2.05) is 0 Å². The SMILES string of the molecule is Cc1nc(C(F)(F)F)cn1Cc1ncc(Cl)cn1. The van der Waals surface area contributed by atoms with Crippen LogP contribution in [0.25, 0.3) is 0 Å². The first-order chi connectivity index (χ1) is 8.36. The van der Waals surface area contributed by atoms with Crippen LogP contribution in [0.15, 0.2) is 18.6 Å². The monoisotopic (exact) mass is 276 g/mol. The summed E-state index contributed by atoms with van der Waals surface area (Å²) in [5, 5.41) is 0.372. The molecule has 2 aromatic heterocycles. The lowest BCUT2D eigenvalue weighted by Crippen LogP contribution is -2.06. The Labute approximate surface area is 105 Å². The number of nitrogens with zero attached hydrogens (tertiary/aromatic N) is 4. The van der Waals surface area contributed by atoms with Gasteiger partial charge in [0.1, 0.15) is 11.6 Å². The van der Waals surface area contributed by atoms with E-state index in [1.54, 1.807) is 0 Å². The van der Waals surface area contributed by atoms with Gasteiger partial charge in [0.25, 0.3) is 0 Å². The van der Waals surface area contributed by atoms with E-state index < -0.39 is 11.9 Å². The molecule has 2 rings (SSSR count). The summed E-state index contributed by atoms with van der Waals surface area (Å²) in [6.07, 6.45) is -0.730. The van der Waals surface area contributed by atoms with Crippen LogP contribution >= 0.6 is 11.6 Å². The molecular formula is C10H8ClF3N4. The molecule has 0 saturated carbocycles. The quantitative estimate of drug-likeness (QED) is 0.847. The lowest BCUT2D eigenvalue weighted by molar-refractivity contribution is -0.141. The average molecular weight is 277 g/mol. The van der Waals surface area contributed by atoms with Crippen molar-refractivity contribution < 1.29 is 13.2 Å². The van der Waals surface area contributed by atoms with Crippen molar-refractivity contribution in [2.24, 2.45) is 0 Å². The van der Waals surface area contributed by atoms with Crippen molar-refractivity contribution in [3.63, 3.8) is 0 Å². The largest absolute Gasteiger partial charge is 0.434 e. The van der Waals surface area contributed by atoms with Gasteiger partial charge in [-0.1, -0.05) is 11.6 Å². The lowest BCUT2D eigenvalue weighted by atomic mass is 10.4. The van der Waals surface area contributed by atoms with Crippen LogP contribution in [0.4, 0.5) is 13.2 Å². The third-order valence-corrected chi connectivity index (χ3v) is 2.45. The van der Waals surface area contributed by atoms with Gasteiger partial charge in [-0.25, -0.2) is 15.0 Å². The van der Waals surface area contributed by atoms with E-state index in [1.165, 1.54) is 23.9 Å². The fourth-order valence-corrected chi connectivity index (χ4v) is 1.48. The summed E-state index contributed by atoms with van der Waals surface area (Å²) in [6.45, 7) is 1.61. The molecule has 18 heavy (non-hydrogen) atoms. The summed E-state index contributed by atoms with van der Waals surface area (Å²) < 4.78 is 38.7. The molecule has 0 aliphatic rings. The van der Waals surface area contributed by atoms with Crippen molar-refractivity contribution in [1.82, 2.24) is 19.5 Å². The molecule has 0 aliphatic carbocycles. The second-order valence-electron chi connectivity index (χ2n) is 3.62. The number of aromatic nitrogens is 4. The third-order valence-electron chi connectivity index (χ3n) is 2.25. The first-order valence-electron chi connectivity index (χ1n) is 4.93. The Balaban J connectivity index is 2.24. The highest BCUT2D eigenvalue weighted by Crippen LogP contribution is 2.28. The summed E-state index contributed by atoms with van der Waals surface area (Å²) in [5.74, 6) is 0.620. The van der Waals surface area contributed by atoms with Crippen molar-refractivity contribution in [3.8, 4) is 0 Å². The molecule has 0 atom stereocenters. The maximum absolute atomic E-state index is 12.4. The van der Waals surface area contributed by atoms with Crippen molar-refractivity contribution in [2.75, 3.05) is 0 Å². The summed E-state index contributed by atoms with van der Waals surface area (Å²) >= 11 is 5.62. The molecule has 8 heteroatoms. The van der Waals surface area contributed by atoms with Gasteiger partial charge in [0.2, 0.25) is 0 Å². The smallest absolute Gasteiger partial charge is 0.327 e. The molecule has 0 amide bonds. The zero-order chi connectivity index (χ0) is 13.3. The molecule has 0 unspecified atom stereocenters. The van der Waals surface area contributed by atoms with Crippen LogP contribution < -0.4 is 0 Å². The van der Waals surface area contributed by atoms with Gasteiger partial charge in [-0.2, -0.15) is 13.2 Å². The number of imidazole rings is 1. The first kappa shape index (κ1) is 12.8. The van der Waals surface area contributed by atoms with Crippen LogP contribution in [-0.4, -0.2) is 19.5 Å². The standard InChI is InChI=1S/C10H8ClF3N4/c1-6-17-8(10(12,13)14)4-18(6)5-9-15-2-7(11)3-16-9/h2-4H,5H2,1H3. The maximum atomic E-state index is 12.4. The van der Waals surface area contributed by atoms with Crippen LogP contribution in [0.2, 0.25) is 5.02 Å². The van der Waals surface area contributed by atoms with E-state index in [-0.39, 0.29) is 12.4 Å². The number of aryl methyl sites for hydroxylation is 1. The van der Waals surface area contributed by atoms with Crippen LogP contribution in [0.5, 0.6) is 0 Å². The topological polar surface area (TPSA) is 43.6 Å². The predicted octanol–water partition coefficient (Wildman–Crippen LogP) is 2.70. The molecule has 0 spiro atoms. The highest BCUT2D eigenvalue weighted by molar-refractivity contribution is 6.30. The molecule has 2 aromatic rings. The normalized spacial score (nSPS) is 11.8. The summed E-state index contributed by atoms with van der Waals surface area (Å²) in [6, 6.07) is 0. The Hall–Kier alpha value is -1.63. The molecule has 0 aromatic carbocycles. The zero-order valence-electron chi connectivity index (χ0n) is 9.24. The number of alkyl halides is 3. The first-order valence-corrected chi connectivity index (χ1v) is 5.31. The van der Waals surface area contributed by atoms with E-state index in [0.717, 1.165) is 6.20 Å². The van der Waals surface area contributed by atoms with Crippen molar-refractivity contribution in [1.29, 1.82) is 0 Å². The van der Waals surface area contributed by atoms with E-state index in [0.29, 0.717) is 10.8 Å². The van der Waals surface area contributed by atoms with E-state index in [9.17, 15) is 13.2 Å². The van der Waals surface area contributed by atoms with Crippen LogP contribution in [0.3, 0.4) is 0 Å². The molecule has 2 heterocycles. The van der Waals surface area contributed by atoms with Gasteiger partial charge < -0.3 is 4.57 Å². The minimum atomic E-state index is -4.45. The highest BCUT2D eigenvalue weighted by atomic mass is 35.5. The van der Waals surface area contributed by atoms with Gasteiger partial charge in [-0.3, -0.25) is 0 Å². The minimum Gasteiger partial charge on any atom is -0.327 e. The molecule has 4 nitrogen and oxygen atoms in total.